The number of rotatable bonds is 8. The van der Waals surface area contributed by atoms with Crippen LogP contribution in [0.5, 0.6) is 0 Å². The number of aliphatic hydroxyl groups excluding tert-OH is 1. The first-order valence-electron chi connectivity index (χ1n) is 8.44. The minimum absolute atomic E-state index is 0.0586. The number of hydrazone groups is 1. The lowest BCUT2D eigenvalue weighted by atomic mass is 10.00. The fourth-order valence-corrected chi connectivity index (χ4v) is 2.82. The maximum atomic E-state index is 12.2. The highest BCUT2D eigenvalue weighted by Gasteiger charge is 2.14. The van der Waals surface area contributed by atoms with E-state index in [1.165, 1.54) is 0 Å². The van der Waals surface area contributed by atoms with Gasteiger partial charge in [0, 0.05) is 37.4 Å². The molecule has 1 aromatic rings. The van der Waals surface area contributed by atoms with Gasteiger partial charge in [-0.2, -0.15) is 5.10 Å². The summed E-state index contributed by atoms with van der Waals surface area (Å²) < 4.78 is 0. The monoisotopic (exact) mass is 317 g/mol. The molecule has 0 saturated carbocycles. The third-order valence-electron chi connectivity index (χ3n) is 4.19. The van der Waals surface area contributed by atoms with Crippen molar-refractivity contribution in [3.05, 3.63) is 29.8 Å². The Bertz CT molecular complexity index is 534. The van der Waals surface area contributed by atoms with Gasteiger partial charge in [0.05, 0.1) is 5.69 Å². The molecule has 0 fully saturated rings. The highest BCUT2D eigenvalue weighted by molar-refractivity contribution is 5.94. The number of carbonyl (C=O) groups excluding carboxylic acids is 1. The third-order valence-corrected chi connectivity index (χ3v) is 4.19. The maximum Gasteiger partial charge on any atom is 0.251 e. The fraction of sp³-hybridized carbons (Fsp3) is 0.556. The minimum Gasteiger partial charge on any atom is -0.396 e. The summed E-state index contributed by atoms with van der Waals surface area (Å²) in [5.74, 6) is 0.284. The molecule has 5 nitrogen and oxygen atoms in total. The van der Waals surface area contributed by atoms with Crippen LogP contribution < -0.4 is 10.3 Å². The van der Waals surface area contributed by atoms with E-state index in [1.807, 2.05) is 36.2 Å². The van der Waals surface area contributed by atoms with Crippen LogP contribution in [-0.2, 0) is 0 Å². The van der Waals surface area contributed by atoms with E-state index >= 15 is 0 Å². The Morgan fingerprint density at radius 3 is 2.65 bits per heavy atom. The Hall–Kier alpha value is -1.88. The van der Waals surface area contributed by atoms with E-state index in [0.717, 1.165) is 43.6 Å². The average molecular weight is 317 g/mol. The van der Waals surface area contributed by atoms with Crippen molar-refractivity contribution in [2.24, 2.45) is 11.0 Å². The van der Waals surface area contributed by atoms with Crippen molar-refractivity contribution in [1.29, 1.82) is 0 Å². The van der Waals surface area contributed by atoms with E-state index in [1.54, 1.807) is 0 Å². The summed E-state index contributed by atoms with van der Waals surface area (Å²) in [4.78, 5) is 12.2. The maximum absolute atomic E-state index is 12.2. The van der Waals surface area contributed by atoms with Gasteiger partial charge < -0.3 is 10.4 Å². The summed E-state index contributed by atoms with van der Waals surface area (Å²) in [6, 6.07) is 7.56. The molecule has 5 heteroatoms. The molecule has 0 aliphatic carbocycles. The van der Waals surface area contributed by atoms with Crippen molar-refractivity contribution in [2.45, 2.75) is 39.5 Å². The zero-order valence-corrected chi connectivity index (χ0v) is 14.1. The van der Waals surface area contributed by atoms with Gasteiger partial charge in [-0.3, -0.25) is 9.80 Å². The van der Waals surface area contributed by atoms with Crippen LogP contribution in [-0.4, -0.2) is 36.4 Å². The van der Waals surface area contributed by atoms with E-state index in [0.29, 0.717) is 18.0 Å². The van der Waals surface area contributed by atoms with Crippen LogP contribution in [0.3, 0.4) is 0 Å². The van der Waals surface area contributed by atoms with Gasteiger partial charge in [0.1, 0.15) is 0 Å². The Morgan fingerprint density at radius 1 is 1.35 bits per heavy atom. The van der Waals surface area contributed by atoms with Crippen LogP contribution in [0.25, 0.3) is 0 Å². The van der Waals surface area contributed by atoms with Gasteiger partial charge in [0.15, 0.2) is 0 Å². The van der Waals surface area contributed by atoms with Crippen LogP contribution in [0.15, 0.2) is 29.4 Å². The fourth-order valence-electron chi connectivity index (χ4n) is 2.82. The van der Waals surface area contributed by atoms with Crippen molar-refractivity contribution in [1.82, 2.24) is 5.32 Å². The standard InChI is InChI=1S/C18H27N3O2/c1-3-4-15(10-12-22)13-19-18(23)16-5-7-17(8-6-16)21-11-9-14(2)20-21/h5-8,15,22H,3-4,9-13H2,1-2H3,(H,19,23). The lowest BCUT2D eigenvalue weighted by Gasteiger charge is -2.16. The molecule has 0 radical (unpaired) electrons. The quantitative estimate of drug-likeness (QED) is 0.775. The van der Waals surface area contributed by atoms with Gasteiger partial charge in [0.25, 0.3) is 5.91 Å². The second kappa shape index (κ2) is 8.67. The van der Waals surface area contributed by atoms with Gasteiger partial charge in [-0.1, -0.05) is 13.3 Å². The van der Waals surface area contributed by atoms with Crippen LogP contribution >= 0.6 is 0 Å². The SMILES string of the molecule is CCCC(CCO)CNC(=O)c1ccc(N2CCC(C)=N2)cc1. The summed E-state index contributed by atoms with van der Waals surface area (Å²) in [6.45, 7) is 5.83. The summed E-state index contributed by atoms with van der Waals surface area (Å²) in [6.07, 6.45) is 3.81. The smallest absolute Gasteiger partial charge is 0.251 e. The Balaban J connectivity index is 1.89. The van der Waals surface area contributed by atoms with Crippen LogP contribution in [0.2, 0.25) is 0 Å². The molecular formula is C18H27N3O2. The van der Waals surface area contributed by atoms with Gasteiger partial charge >= 0.3 is 0 Å². The van der Waals surface area contributed by atoms with Crippen molar-refractivity contribution in [2.75, 3.05) is 24.7 Å². The number of carbonyl (C=O) groups is 1. The molecule has 1 unspecified atom stereocenters. The van der Waals surface area contributed by atoms with E-state index < -0.39 is 0 Å². The van der Waals surface area contributed by atoms with Crippen molar-refractivity contribution in [3.8, 4) is 0 Å². The van der Waals surface area contributed by atoms with Crippen LogP contribution in [0, 0.1) is 5.92 Å². The predicted octanol–water partition coefficient (Wildman–Crippen LogP) is 2.80. The highest BCUT2D eigenvalue weighted by Crippen LogP contribution is 2.20. The minimum atomic E-state index is -0.0586. The Labute approximate surface area is 138 Å². The summed E-state index contributed by atoms with van der Waals surface area (Å²) >= 11 is 0. The van der Waals surface area contributed by atoms with Crippen molar-refractivity contribution < 1.29 is 9.90 Å². The van der Waals surface area contributed by atoms with Gasteiger partial charge in [-0.05, 0) is 49.9 Å². The molecule has 1 heterocycles. The van der Waals surface area contributed by atoms with Crippen LogP contribution in [0.1, 0.15) is 49.9 Å². The van der Waals surface area contributed by atoms with Gasteiger partial charge in [0.2, 0.25) is 0 Å². The number of aliphatic hydroxyl groups is 1. The molecule has 2 N–H and O–H groups in total. The molecule has 0 aromatic heterocycles. The third kappa shape index (κ3) is 5.06. The zero-order chi connectivity index (χ0) is 16.7. The van der Waals surface area contributed by atoms with E-state index in [2.05, 4.69) is 17.3 Å². The largest absolute Gasteiger partial charge is 0.396 e. The van der Waals surface area contributed by atoms with Gasteiger partial charge in [-0.15, -0.1) is 0 Å². The molecule has 1 atom stereocenters. The molecular weight excluding hydrogens is 290 g/mol. The molecule has 0 saturated heterocycles. The van der Waals surface area contributed by atoms with Crippen molar-refractivity contribution >= 4 is 17.3 Å². The molecule has 1 amide bonds. The number of nitrogens with zero attached hydrogens (tertiary/aromatic N) is 2. The highest BCUT2D eigenvalue weighted by atomic mass is 16.3. The van der Waals surface area contributed by atoms with Crippen LogP contribution in [0.4, 0.5) is 5.69 Å². The second-order valence-corrected chi connectivity index (χ2v) is 6.13. The van der Waals surface area contributed by atoms with Crippen molar-refractivity contribution in [3.63, 3.8) is 0 Å². The summed E-state index contributed by atoms with van der Waals surface area (Å²) in [5, 5.41) is 18.5. The molecule has 1 aliphatic rings. The normalized spacial score (nSPS) is 15.4. The first-order chi connectivity index (χ1) is 11.1. The zero-order valence-electron chi connectivity index (χ0n) is 14.1. The number of benzene rings is 1. The first kappa shape index (κ1) is 17.5. The number of nitrogens with one attached hydrogen (secondary N) is 1. The predicted molar refractivity (Wildman–Crippen MR) is 93.9 cm³/mol. The Kier molecular flexibility index (Phi) is 6.59. The second-order valence-electron chi connectivity index (χ2n) is 6.13. The molecule has 2 rings (SSSR count). The molecule has 0 bridgehead atoms. The number of hydrogen-bond acceptors (Lipinski definition) is 4. The molecule has 1 aromatic carbocycles. The molecule has 0 spiro atoms. The molecule has 1 aliphatic heterocycles. The summed E-state index contributed by atoms with van der Waals surface area (Å²) in [7, 11) is 0. The topological polar surface area (TPSA) is 64.9 Å². The van der Waals surface area contributed by atoms with E-state index in [4.69, 9.17) is 5.11 Å². The van der Waals surface area contributed by atoms with E-state index in [-0.39, 0.29) is 12.5 Å². The average Bonchev–Trinajstić information content (AvgIpc) is 2.99. The lowest BCUT2D eigenvalue weighted by molar-refractivity contribution is 0.0943. The number of anilines is 1. The molecule has 23 heavy (non-hydrogen) atoms. The number of hydrogen-bond donors (Lipinski definition) is 2. The molecule has 126 valence electrons. The summed E-state index contributed by atoms with van der Waals surface area (Å²) in [5.41, 5.74) is 2.81. The Morgan fingerprint density at radius 2 is 2.09 bits per heavy atom. The number of amides is 1. The van der Waals surface area contributed by atoms with Gasteiger partial charge in [-0.25, -0.2) is 0 Å². The van der Waals surface area contributed by atoms with E-state index in [9.17, 15) is 4.79 Å². The first-order valence-corrected chi connectivity index (χ1v) is 8.44. The lowest BCUT2D eigenvalue weighted by Crippen LogP contribution is -2.29.